The average Bonchev–Trinajstić information content (AvgIpc) is 2.89. The van der Waals surface area contributed by atoms with Gasteiger partial charge in [0.05, 0.1) is 5.41 Å². The van der Waals surface area contributed by atoms with Crippen LogP contribution in [-0.2, 0) is 15.6 Å². The number of phenols is 2. The standard InChI is InChI=1S/C34H36O4/c1-32(2,3)31(37)38-30-21-15-27(16-22-30)34(6,26-13-19-29(36)20-14-26)25-9-7-23(8-10-25)33(4,5)24-11-17-28(35)18-12-24/h7-22,35-36H,1-6H3. The first-order chi connectivity index (χ1) is 17.8. The largest absolute Gasteiger partial charge is 0.508 e. The van der Waals surface area contributed by atoms with Gasteiger partial charge in [0, 0.05) is 10.8 Å². The summed E-state index contributed by atoms with van der Waals surface area (Å²) in [5.41, 5.74) is 4.06. The van der Waals surface area contributed by atoms with Gasteiger partial charge in [0.15, 0.2) is 0 Å². The van der Waals surface area contributed by atoms with Gasteiger partial charge in [0.25, 0.3) is 0 Å². The van der Waals surface area contributed by atoms with E-state index >= 15 is 0 Å². The maximum Gasteiger partial charge on any atom is 0.316 e. The molecular formula is C34H36O4. The lowest BCUT2D eigenvalue weighted by atomic mass is 9.70. The Morgan fingerprint density at radius 1 is 0.526 bits per heavy atom. The molecule has 0 radical (unpaired) electrons. The van der Waals surface area contributed by atoms with Crippen LogP contribution in [0.3, 0.4) is 0 Å². The van der Waals surface area contributed by atoms with E-state index in [-0.39, 0.29) is 22.9 Å². The van der Waals surface area contributed by atoms with Crippen molar-refractivity contribution < 1.29 is 19.7 Å². The summed E-state index contributed by atoms with van der Waals surface area (Å²) in [6.45, 7) is 12.0. The van der Waals surface area contributed by atoms with Crippen molar-refractivity contribution in [3.05, 3.63) is 125 Å². The molecule has 0 bridgehead atoms. The van der Waals surface area contributed by atoms with Crippen LogP contribution in [0.5, 0.6) is 17.2 Å². The molecule has 0 saturated carbocycles. The summed E-state index contributed by atoms with van der Waals surface area (Å²) in [6, 6.07) is 30.9. The number of phenolic OH excluding ortho intramolecular Hbond substituents is 2. The molecule has 4 aromatic carbocycles. The van der Waals surface area contributed by atoms with Crippen molar-refractivity contribution in [1.82, 2.24) is 0 Å². The third-order valence-corrected chi connectivity index (χ3v) is 7.47. The maximum absolute atomic E-state index is 12.4. The monoisotopic (exact) mass is 508 g/mol. The van der Waals surface area contributed by atoms with Crippen molar-refractivity contribution in [3.63, 3.8) is 0 Å². The fraction of sp³-hybridized carbons (Fsp3) is 0.265. The van der Waals surface area contributed by atoms with Crippen molar-refractivity contribution in [2.45, 2.75) is 52.4 Å². The van der Waals surface area contributed by atoms with Gasteiger partial charge >= 0.3 is 5.97 Å². The minimum atomic E-state index is -0.588. The molecule has 2 N–H and O–H groups in total. The number of ether oxygens (including phenoxy) is 1. The Balaban J connectivity index is 1.74. The molecular weight excluding hydrogens is 472 g/mol. The number of carbonyl (C=O) groups excluding carboxylic acids is 1. The topological polar surface area (TPSA) is 66.8 Å². The van der Waals surface area contributed by atoms with Crippen LogP contribution >= 0.6 is 0 Å². The molecule has 0 saturated heterocycles. The first-order valence-corrected chi connectivity index (χ1v) is 12.8. The van der Waals surface area contributed by atoms with Crippen molar-refractivity contribution in [2.24, 2.45) is 5.41 Å². The number of carbonyl (C=O) groups is 1. The molecule has 1 atom stereocenters. The summed E-state index contributed by atoms with van der Waals surface area (Å²) in [7, 11) is 0. The second kappa shape index (κ2) is 10.0. The van der Waals surface area contributed by atoms with Gasteiger partial charge in [-0.3, -0.25) is 4.79 Å². The normalized spacial score (nSPS) is 13.5. The second-order valence-corrected chi connectivity index (χ2v) is 11.6. The molecule has 0 aromatic heterocycles. The molecule has 38 heavy (non-hydrogen) atoms. The van der Waals surface area contributed by atoms with Crippen LogP contribution < -0.4 is 4.74 Å². The van der Waals surface area contributed by atoms with E-state index in [2.05, 4.69) is 45.0 Å². The smallest absolute Gasteiger partial charge is 0.316 e. The van der Waals surface area contributed by atoms with Gasteiger partial charge < -0.3 is 14.9 Å². The Bertz CT molecular complexity index is 1390. The number of esters is 1. The average molecular weight is 509 g/mol. The summed E-state index contributed by atoms with van der Waals surface area (Å²) < 4.78 is 5.59. The Labute approximate surface area is 225 Å². The summed E-state index contributed by atoms with van der Waals surface area (Å²) in [6.07, 6.45) is 0. The van der Waals surface area contributed by atoms with Crippen LogP contribution in [0.2, 0.25) is 0 Å². The summed E-state index contributed by atoms with van der Waals surface area (Å²) in [5.74, 6) is 0.696. The van der Waals surface area contributed by atoms with Crippen molar-refractivity contribution >= 4 is 5.97 Å². The van der Waals surface area contributed by atoms with E-state index in [1.807, 2.05) is 69.3 Å². The molecule has 4 nitrogen and oxygen atoms in total. The van der Waals surface area contributed by atoms with Gasteiger partial charge in [-0.25, -0.2) is 0 Å². The highest BCUT2D eigenvalue weighted by atomic mass is 16.5. The minimum absolute atomic E-state index is 0.214. The molecule has 0 aliphatic carbocycles. The fourth-order valence-electron chi connectivity index (χ4n) is 4.68. The summed E-state index contributed by atoms with van der Waals surface area (Å²) in [5, 5.41) is 19.6. The predicted octanol–water partition coefficient (Wildman–Crippen LogP) is 7.73. The molecule has 196 valence electrons. The number of aromatic hydroxyl groups is 2. The van der Waals surface area contributed by atoms with Gasteiger partial charge in [-0.15, -0.1) is 0 Å². The molecule has 4 heteroatoms. The number of rotatable bonds is 6. The van der Waals surface area contributed by atoms with Gasteiger partial charge in [-0.1, -0.05) is 74.5 Å². The van der Waals surface area contributed by atoms with Crippen LogP contribution in [0.4, 0.5) is 0 Å². The minimum Gasteiger partial charge on any atom is -0.508 e. The molecule has 4 aromatic rings. The highest BCUT2D eigenvalue weighted by Crippen LogP contribution is 2.41. The quantitative estimate of drug-likeness (QED) is 0.159. The Kier molecular flexibility index (Phi) is 7.12. The first kappa shape index (κ1) is 27.0. The van der Waals surface area contributed by atoms with Crippen LogP contribution in [-0.4, -0.2) is 16.2 Å². The molecule has 4 rings (SSSR count). The predicted molar refractivity (Wildman–Crippen MR) is 152 cm³/mol. The Morgan fingerprint density at radius 3 is 1.24 bits per heavy atom. The summed E-state index contributed by atoms with van der Waals surface area (Å²) >= 11 is 0. The fourth-order valence-corrected chi connectivity index (χ4v) is 4.68. The maximum atomic E-state index is 12.4. The van der Waals surface area contributed by atoms with E-state index < -0.39 is 10.8 Å². The van der Waals surface area contributed by atoms with Gasteiger partial charge in [-0.05, 0) is 91.9 Å². The van der Waals surface area contributed by atoms with E-state index in [1.165, 1.54) is 0 Å². The lowest BCUT2D eigenvalue weighted by Crippen LogP contribution is -2.27. The number of hydrogen-bond donors (Lipinski definition) is 2. The van der Waals surface area contributed by atoms with Crippen molar-refractivity contribution in [3.8, 4) is 17.2 Å². The molecule has 1 unspecified atom stereocenters. The highest BCUT2D eigenvalue weighted by Gasteiger charge is 2.32. The van der Waals surface area contributed by atoms with Crippen molar-refractivity contribution in [2.75, 3.05) is 0 Å². The lowest BCUT2D eigenvalue weighted by molar-refractivity contribution is -0.143. The van der Waals surface area contributed by atoms with Crippen LogP contribution in [0, 0.1) is 5.41 Å². The van der Waals surface area contributed by atoms with E-state index in [4.69, 9.17) is 4.74 Å². The lowest BCUT2D eigenvalue weighted by Gasteiger charge is -2.33. The van der Waals surface area contributed by atoms with Gasteiger partial charge in [-0.2, -0.15) is 0 Å². The third-order valence-electron chi connectivity index (χ3n) is 7.47. The first-order valence-electron chi connectivity index (χ1n) is 12.8. The van der Waals surface area contributed by atoms with Crippen molar-refractivity contribution in [1.29, 1.82) is 0 Å². The van der Waals surface area contributed by atoms with Gasteiger partial charge in [0.1, 0.15) is 17.2 Å². The molecule has 0 spiro atoms. The van der Waals surface area contributed by atoms with E-state index in [0.717, 1.165) is 27.8 Å². The molecule has 0 heterocycles. The highest BCUT2D eigenvalue weighted by molar-refractivity contribution is 5.77. The van der Waals surface area contributed by atoms with E-state index in [1.54, 1.807) is 24.3 Å². The molecule has 0 aliphatic heterocycles. The van der Waals surface area contributed by atoms with Crippen LogP contribution in [0.15, 0.2) is 97.1 Å². The Morgan fingerprint density at radius 2 is 0.842 bits per heavy atom. The zero-order chi connectivity index (χ0) is 27.7. The summed E-state index contributed by atoms with van der Waals surface area (Å²) in [4.78, 5) is 12.4. The third kappa shape index (κ3) is 5.31. The van der Waals surface area contributed by atoms with Crippen LogP contribution in [0.25, 0.3) is 0 Å². The second-order valence-electron chi connectivity index (χ2n) is 11.6. The number of benzene rings is 4. The number of hydrogen-bond acceptors (Lipinski definition) is 4. The van der Waals surface area contributed by atoms with E-state index in [9.17, 15) is 15.0 Å². The van der Waals surface area contributed by atoms with Crippen LogP contribution in [0.1, 0.15) is 69.4 Å². The Hall–Kier alpha value is -4.05. The van der Waals surface area contributed by atoms with E-state index in [0.29, 0.717) is 5.75 Å². The molecule has 0 fully saturated rings. The molecule has 0 aliphatic rings. The van der Waals surface area contributed by atoms with Gasteiger partial charge in [0.2, 0.25) is 0 Å². The SMILES string of the molecule is CC(C)(C)C(=O)Oc1ccc(C(C)(c2ccc(O)cc2)c2ccc(C(C)(C)c3ccc(O)cc3)cc2)cc1. The zero-order valence-electron chi connectivity index (χ0n) is 22.9. The molecule has 0 amide bonds. The zero-order valence-corrected chi connectivity index (χ0v) is 22.9.